The largest absolute Gasteiger partial charge is 0.478 e. The standard InChI is InChI=1S/C11H18N2O2.ClH/c1-3-7-12-10-9(11(14)15)6-5-8-13(10)4-2;/h5-6,8,10,12H,3-4,7H2,1-2H3,(H,14,15);1H. The van der Waals surface area contributed by atoms with Crippen LogP contribution in [0.2, 0.25) is 0 Å². The number of hydrogen-bond donors (Lipinski definition) is 2. The second-order valence-electron chi connectivity index (χ2n) is 3.46. The van der Waals surface area contributed by atoms with E-state index >= 15 is 0 Å². The fourth-order valence-corrected chi connectivity index (χ4v) is 1.60. The number of nitrogens with zero attached hydrogens (tertiary/aromatic N) is 1. The molecule has 0 aliphatic carbocycles. The Balaban J connectivity index is 0.00000225. The maximum atomic E-state index is 11.0. The number of carboxylic acids is 1. The van der Waals surface area contributed by atoms with Gasteiger partial charge in [-0.2, -0.15) is 0 Å². The summed E-state index contributed by atoms with van der Waals surface area (Å²) in [5, 5.41) is 12.3. The Labute approximate surface area is 102 Å². The topological polar surface area (TPSA) is 52.6 Å². The SMILES string of the molecule is CCCNC1C(C(=O)O)=CC=CN1CC.Cl. The monoisotopic (exact) mass is 246 g/mol. The summed E-state index contributed by atoms with van der Waals surface area (Å²) in [6, 6.07) is 0. The lowest BCUT2D eigenvalue weighted by atomic mass is 10.1. The van der Waals surface area contributed by atoms with Crippen LogP contribution in [0.5, 0.6) is 0 Å². The van der Waals surface area contributed by atoms with Crippen molar-refractivity contribution in [3.05, 3.63) is 23.9 Å². The second-order valence-corrected chi connectivity index (χ2v) is 3.46. The second kappa shape index (κ2) is 7.30. The van der Waals surface area contributed by atoms with Crippen LogP contribution in [-0.4, -0.2) is 35.2 Å². The number of carbonyl (C=O) groups is 1. The predicted molar refractivity (Wildman–Crippen MR) is 66.6 cm³/mol. The molecular formula is C11H19ClN2O2. The Morgan fingerprint density at radius 1 is 1.56 bits per heavy atom. The van der Waals surface area contributed by atoms with Crippen molar-refractivity contribution in [3.8, 4) is 0 Å². The van der Waals surface area contributed by atoms with E-state index in [1.807, 2.05) is 18.0 Å². The van der Waals surface area contributed by atoms with E-state index in [-0.39, 0.29) is 18.6 Å². The number of rotatable bonds is 5. The van der Waals surface area contributed by atoms with E-state index in [4.69, 9.17) is 5.11 Å². The third kappa shape index (κ3) is 3.54. The Morgan fingerprint density at radius 3 is 2.75 bits per heavy atom. The molecule has 4 nitrogen and oxygen atoms in total. The van der Waals surface area contributed by atoms with Gasteiger partial charge in [0.2, 0.25) is 0 Å². The van der Waals surface area contributed by atoms with Gasteiger partial charge >= 0.3 is 5.97 Å². The number of aliphatic carboxylic acids is 1. The molecule has 1 unspecified atom stereocenters. The van der Waals surface area contributed by atoms with Crippen molar-refractivity contribution in [3.63, 3.8) is 0 Å². The average Bonchev–Trinajstić information content (AvgIpc) is 2.25. The summed E-state index contributed by atoms with van der Waals surface area (Å²) >= 11 is 0. The minimum absolute atomic E-state index is 0. The Kier molecular flexibility index (Phi) is 6.85. The van der Waals surface area contributed by atoms with Crippen molar-refractivity contribution in [1.29, 1.82) is 0 Å². The molecule has 0 aromatic carbocycles. The summed E-state index contributed by atoms with van der Waals surface area (Å²) in [6.07, 6.45) is 6.14. The van der Waals surface area contributed by atoms with Crippen LogP contribution in [0, 0.1) is 0 Å². The van der Waals surface area contributed by atoms with Crippen LogP contribution in [0.25, 0.3) is 0 Å². The van der Waals surface area contributed by atoms with E-state index in [0.717, 1.165) is 19.5 Å². The van der Waals surface area contributed by atoms with Gasteiger partial charge in [0.1, 0.15) is 6.17 Å². The van der Waals surface area contributed by atoms with Gasteiger partial charge in [-0.15, -0.1) is 12.4 Å². The van der Waals surface area contributed by atoms with E-state index in [1.165, 1.54) is 0 Å². The van der Waals surface area contributed by atoms with Gasteiger partial charge in [0, 0.05) is 12.7 Å². The maximum Gasteiger partial charge on any atom is 0.335 e. The third-order valence-electron chi connectivity index (χ3n) is 2.38. The molecule has 5 heteroatoms. The lowest BCUT2D eigenvalue weighted by Gasteiger charge is -2.32. The highest BCUT2D eigenvalue weighted by Gasteiger charge is 2.24. The van der Waals surface area contributed by atoms with E-state index in [1.54, 1.807) is 12.2 Å². The lowest BCUT2D eigenvalue weighted by Crippen LogP contribution is -2.47. The quantitative estimate of drug-likeness (QED) is 0.774. The number of allylic oxidation sites excluding steroid dienone is 2. The highest BCUT2D eigenvalue weighted by Crippen LogP contribution is 2.14. The van der Waals surface area contributed by atoms with Crippen LogP contribution < -0.4 is 5.32 Å². The van der Waals surface area contributed by atoms with Crippen LogP contribution in [0.1, 0.15) is 20.3 Å². The molecule has 1 heterocycles. The van der Waals surface area contributed by atoms with Crippen molar-refractivity contribution in [1.82, 2.24) is 10.2 Å². The first-order valence-electron chi connectivity index (χ1n) is 5.31. The molecule has 1 atom stereocenters. The molecule has 1 aliphatic rings. The fraction of sp³-hybridized carbons (Fsp3) is 0.545. The van der Waals surface area contributed by atoms with Gasteiger partial charge in [0.25, 0.3) is 0 Å². The Morgan fingerprint density at radius 2 is 2.25 bits per heavy atom. The van der Waals surface area contributed by atoms with Crippen molar-refractivity contribution in [2.75, 3.05) is 13.1 Å². The van der Waals surface area contributed by atoms with Gasteiger partial charge < -0.3 is 10.0 Å². The van der Waals surface area contributed by atoms with Crippen molar-refractivity contribution >= 4 is 18.4 Å². The van der Waals surface area contributed by atoms with Crippen LogP contribution in [-0.2, 0) is 4.79 Å². The number of carboxylic acid groups (broad SMARTS) is 1. The first kappa shape index (κ1) is 15.0. The zero-order valence-electron chi connectivity index (χ0n) is 9.64. The molecule has 0 spiro atoms. The molecular weight excluding hydrogens is 228 g/mol. The smallest absolute Gasteiger partial charge is 0.335 e. The molecule has 1 aliphatic heterocycles. The van der Waals surface area contributed by atoms with E-state index in [9.17, 15) is 4.79 Å². The molecule has 0 aromatic heterocycles. The average molecular weight is 247 g/mol. The van der Waals surface area contributed by atoms with Crippen LogP contribution in [0.15, 0.2) is 23.9 Å². The molecule has 0 saturated carbocycles. The van der Waals surface area contributed by atoms with Crippen molar-refractivity contribution < 1.29 is 9.90 Å². The Hall–Kier alpha value is -1.000. The highest BCUT2D eigenvalue weighted by atomic mass is 35.5. The molecule has 0 fully saturated rings. The number of halogens is 1. The minimum Gasteiger partial charge on any atom is -0.478 e. The van der Waals surface area contributed by atoms with Gasteiger partial charge in [0.15, 0.2) is 0 Å². The summed E-state index contributed by atoms with van der Waals surface area (Å²) in [4.78, 5) is 13.0. The summed E-state index contributed by atoms with van der Waals surface area (Å²) in [7, 11) is 0. The molecule has 0 radical (unpaired) electrons. The van der Waals surface area contributed by atoms with Crippen molar-refractivity contribution in [2.45, 2.75) is 26.4 Å². The van der Waals surface area contributed by atoms with Crippen LogP contribution in [0.4, 0.5) is 0 Å². The fourth-order valence-electron chi connectivity index (χ4n) is 1.60. The predicted octanol–water partition coefficient (Wildman–Crippen LogP) is 1.59. The summed E-state index contributed by atoms with van der Waals surface area (Å²) in [5.41, 5.74) is 0.410. The van der Waals surface area contributed by atoms with Gasteiger partial charge in [-0.25, -0.2) is 4.79 Å². The third-order valence-corrected chi connectivity index (χ3v) is 2.38. The molecule has 0 amide bonds. The summed E-state index contributed by atoms with van der Waals surface area (Å²) < 4.78 is 0. The number of likely N-dealkylation sites (N-methyl/N-ethyl adjacent to an activating group) is 1. The minimum atomic E-state index is -0.855. The lowest BCUT2D eigenvalue weighted by molar-refractivity contribution is -0.133. The zero-order chi connectivity index (χ0) is 11.3. The maximum absolute atomic E-state index is 11.0. The number of nitrogens with one attached hydrogen (secondary N) is 1. The molecule has 92 valence electrons. The van der Waals surface area contributed by atoms with Crippen molar-refractivity contribution in [2.24, 2.45) is 0 Å². The first-order valence-corrected chi connectivity index (χ1v) is 5.31. The van der Waals surface area contributed by atoms with Crippen LogP contribution in [0.3, 0.4) is 0 Å². The van der Waals surface area contributed by atoms with Gasteiger partial charge in [-0.1, -0.05) is 6.92 Å². The molecule has 16 heavy (non-hydrogen) atoms. The highest BCUT2D eigenvalue weighted by molar-refractivity contribution is 5.88. The number of hydrogen-bond acceptors (Lipinski definition) is 3. The normalized spacial score (nSPS) is 19.0. The zero-order valence-corrected chi connectivity index (χ0v) is 10.5. The van der Waals surface area contributed by atoms with E-state index in [2.05, 4.69) is 12.2 Å². The Bertz CT molecular complexity index is 290. The first-order chi connectivity index (χ1) is 7.20. The molecule has 0 bridgehead atoms. The van der Waals surface area contributed by atoms with Gasteiger partial charge in [-0.3, -0.25) is 5.32 Å². The summed E-state index contributed by atoms with van der Waals surface area (Å²) in [5.74, 6) is -0.855. The van der Waals surface area contributed by atoms with Gasteiger partial charge in [0.05, 0.1) is 5.57 Å². The summed E-state index contributed by atoms with van der Waals surface area (Å²) in [6.45, 7) is 5.68. The van der Waals surface area contributed by atoms with Gasteiger partial charge in [-0.05, 0) is 32.0 Å². The van der Waals surface area contributed by atoms with E-state index in [0.29, 0.717) is 5.57 Å². The molecule has 1 rings (SSSR count). The molecule has 0 saturated heterocycles. The van der Waals surface area contributed by atoms with Crippen LogP contribution >= 0.6 is 12.4 Å². The molecule has 2 N–H and O–H groups in total. The molecule has 0 aromatic rings. The van der Waals surface area contributed by atoms with E-state index < -0.39 is 5.97 Å².